The van der Waals surface area contributed by atoms with E-state index in [1.807, 2.05) is 60.7 Å². The summed E-state index contributed by atoms with van der Waals surface area (Å²) in [5.41, 5.74) is 7.25. The summed E-state index contributed by atoms with van der Waals surface area (Å²) in [6, 6.07) is 21.9. The molecule has 0 amide bonds. The number of rotatable bonds is 5. The molecule has 20 heavy (non-hydrogen) atoms. The number of para-hydroxylation sites is 1. The second kappa shape index (κ2) is 6.23. The van der Waals surface area contributed by atoms with Crippen molar-refractivity contribution in [1.29, 1.82) is 5.26 Å². The Labute approximate surface area is 120 Å². The Kier molecular flexibility index (Phi) is 4.39. The maximum Gasteiger partial charge on any atom is 0.147 e. The molecule has 102 valence electrons. The molecular weight excluding hydrogens is 246 g/mol. The van der Waals surface area contributed by atoms with E-state index < -0.39 is 5.54 Å². The largest absolute Gasteiger partial charge is 0.369 e. The standard InChI is InChI=1S/C17H19N3/c1-2-20(16-11-7-4-8-12-16)14-17(19,13-18)15-9-5-3-6-10-15/h3-12H,2,14,19H2,1H3. The number of nitrogens with zero attached hydrogens (tertiary/aromatic N) is 2. The summed E-state index contributed by atoms with van der Waals surface area (Å²) in [5, 5.41) is 9.53. The van der Waals surface area contributed by atoms with Gasteiger partial charge in [0.15, 0.2) is 0 Å². The van der Waals surface area contributed by atoms with E-state index in [4.69, 9.17) is 5.73 Å². The van der Waals surface area contributed by atoms with Crippen LogP contribution in [0.3, 0.4) is 0 Å². The minimum absolute atomic E-state index is 0.466. The zero-order chi connectivity index (χ0) is 14.4. The van der Waals surface area contributed by atoms with Crippen molar-refractivity contribution in [3.63, 3.8) is 0 Å². The van der Waals surface area contributed by atoms with Crippen molar-refractivity contribution in [1.82, 2.24) is 0 Å². The van der Waals surface area contributed by atoms with Crippen molar-refractivity contribution in [2.24, 2.45) is 5.73 Å². The van der Waals surface area contributed by atoms with Gasteiger partial charge >= 0.3 is 0 Å². The molecule has 1 unspecified atom stereocenters. The van der Waals surface area contributed by atoms with Gasteiger partial charge in [-0.25, -0.2) is 0 Å². The fourth-order valence-corrected chi connectivity index (χ4v) is 2.25. The van der Waals surface area contributed by atoms with Crippen LogP contribution in [0.5, 0.6) is 0 Å². The van der Waals surface area contributed by atoms with Crippen molar-refractivity contribution in [3.05, 3.63) is 66.2 Å². The van der Waals surface area contributed by atoms with Gasteiger partial charge in [-0.15, -0.1) is 0 Å². The SMILES string of the molecule is CCN(CC(N)(C#N)c1ccccc1)c1ccccc1. The molecule has 2 rings (SSSR count). The maximum absolute atomic E-state index is 9.53. The second-order valence-corrected chi connectivity index (χ2v) is 4.80. The van der Waals surface area contributed by atoms with Gasteiger partial charge in [0.2, 0.25) is 0 Å². The third-order valence-corrected chi connectivity index (χ3v) is 3.43. The Hall–Kier alpha value is -2.31. The van der Waals surface area contributed by atoms with Crippen molar-refractivity contribution < 1.29 is 0 Å². The van der Waals surface area contributed by atoms with Crippen LogP contribution in [0.15, 0.2) is 60.7 Å². The van der Waals surface area contributed by atoms with Crippen LogP contribution in [0.1, 0.15) is 12.5 Å². The summed E-state index contributed by atoms with van der Waals surface area (Å²) in [6.45, 7) is 3.33. The highest BCUT2D eigenvalue weighted by Crippen LogP contribution is 2.22. The Morgan fingerprint density at radius 3 is 2.10 bits per heavy atom. The topological polar surface area (TPSA) is 53.0 Å². The third kappa shape index (κ3) is 2.98. The third-order valence-electron chi connectivity index (χ3n) is 3.43. The molecule has 0 spiro atoms. The number of anilines is 1. The number of likely N-dealkylation sites (N-methyl/N-ethyl adjacent to an activating group) is 1. The number of hydrogen-bond acceptors (Lipinski definition) is 3. The minimum Gasteiger partial charge on any atom is -0.369 e. The first-order chi connectivity index (χ1) is 9.69. The molecule has 0 aliphatic heterocycles. The smallest absolute Gasteiger partial charge is 0.147 e. The number of hydrogen-bond donors (Lipinski definition) is 1. The van der Waals surface area contributed by atoms with Gasteiger partial charge in [0.25, 0.3) is 0 Å². The number of nitriles is 1. The fraction of sp³-hybridized carbons (Fsp3) is 0.235. The summed E-state index contributed by atoms with van der Waals surface area (Å²) < 4.78 is 0. The summed E-state index contributed by atoms with van der Waals surface area (Å²) in [7, 11) is 0. The molecule has 3 nitrogen and oxygen atoms in total. The lowest BCUT2D eigenvalue weighted by Gasteiger charge is -2.31. The van der Waals surface area contributed by atoms with Gasteiger partial charge in [-0.3, -0.25) is 0 Å². The molecule has 2 N–H and O–H groups in total. The maximum atomic E-state index is 9.53. The Balaban J connectivity index is 2.28. The van der Waals surface area contributed by atoms with Crippen LogP contribution in [0.25, 0.3) is 0 Å². The van der Waals surface area contributed by atoms with Gasteiger partial charge in [0, 0.05) is 12.2 Å². The van der Waals surface area contributed by atoms with Crippen LogP contribution in [0.2, 0.25) is 0 Å². The molecule has 0 radical (unpaired) electrons. The zero-order valence-corrected chi connectivity index (χ0v) is 11.7. The lowest BCUT2D eigenvalue weighted by atomic mass is 9.91. The van der Waals surface area contributed by atoms with Gasteiger partial charge in [-0.2, -0.15) is 5.26 Å². The quantitative estimate of drug-likeness (QED) is 0.904. The minimum atomic E-state index is -1.01. The summed E-state index contributed by atoms with van der Waals surface area (Å²) >= 11 is 0. The second-order valence-electron chi connectivity index (χ2n) is 4.80. The lowest BCUT2D eigenvalue weighted by molar-refractivity contribution is 0.558. The summed E-state index contributed by atoms with van der Waals surface area (Å²) in [4.78, 5) is 2.12. The zero-order valence-electron chi connectivity index (χ0n) is 11.7. The first kappa shape index (κ1) is 14.1. The predicted molar refractivity (Wildman–Crippen MR) is 82.2 cm³/mol. The van der Waals surface area contributed by atoms with Gasteiger partial charge in [0.05, 0.1) is 12.6 Å². The molecule has 0 bridgehead atoms. The molecule has 3 heteroatoms. The molecule has 0 heterocycles. The van der Waals surface area contributed by atoms with Crippen molar-refractivity contribution in [3.8, 4) is 6.07 Å². The summed E-state index contributed by atoms with van der Waals surface area (Å²) in [6.07, 6.45) is 0. The molecule has 0 saturated heterocycles. The Morgan fingerprint density at radius 2 is 1.60 bits per heavy atom. The Morgan fingerprint density at radius 1 is 1.05 bits per heavy atom. The molecule has 0 saturated carbocycles. The van der Waals surface area contributed by atoms with Gasteiger partial charge in [-0.1, -0.05) is 48.5 Å². The highest BCUT2D eigenvalue weighted by Gasteiger charge is 2.29. The fourth-order valence-electron chi connectivity index (χ4n) is 2.25. The average molecular weight is 265 g/mol. The van der Waals surface area contributed by atoms with Gasteiger partial charge in [0.1, 0.15) is 5.54 Å². The first-order valence-corrected chi connectivity index (χ1v) is 6.75. The highest BCUT2D eigenvalue weighted by molar-refractivity contribution is 5.48. The highest BCUT2D eigenvalue weighted by atomic mass is 15.1. The van der Waals surface area contributed by atoms with Crippen molar-refractivity contribution in [2.75, 3.05) is 18.0 Å². The van der Waals surface area contributed by atoms with Gasteiger partial charge < -0.3 is 10.6 Å². The monoisotopic (exact) mass is 265 g/mol. The molecule has 2 aromatic carbocycles. The molecular formula is C17H19N3. The van der Waals surface area contributed by atoms with Crippen LogP contribution in [-0.2, 0) is 5.54 Å². The van der Waals surface area contributed by atoms with E-state index in [0.29, 0.717) is 6.54 Å². The van der Waals surface area contributed by atoms with E-state index >= 15 is 0 Å². The molecule has 0 aliphatic carbocycles. The first-order valence-electron chi connectivity index (χ1n) is 6.75. The van der Waals surface area contributed by atoms with E-state index in [1.54, 1.807) is 0 Å². The van der Waals surface area contributed by atoms with E-state index in [-0.39, 0.29) is 0 Å². The number of nitrogens with two attached hydrogens (primary N) is 1. The van der Waals surface area contributed by atoms with E-state index in [9.17, 15) is 5.26 Å². The molecule has 0 aliphatic rings. The number of benzene rings is 2. The normalized spacial score (nSPS) is 13.2. The Bertz CT molecular complexity index is 574. The van der Waals surface area contributed by atoms with E-state index in [0.717, 1.165) is 17.8 Å². The van der Waals surface area contributed by atoms with E-state index in [2.05, 4.69) is 17.9 Å². The van der Waals surface area contributed by atoms with Crippen LogP contribution >= 0.6 is 0 Å². The van der Waals surface area contributed by atoms with Crippen LogP contribution < -0.4 is 10.6 Å². The molecule has 0 aromatic heterocycles. The lowest BCUT2D eigenvalue weighted by Crippen LogP contribution is -2.46. The molecule has 2 aromatic rings. The van der Waals surface area contributed by atoms with Gasteiger partial charge in [-0.05, 0) is 24.6 Å². The van der Waals surface area contributed by atoms with Crippen LogP contribution in [0.4, 0.5) is 5.69 Å². The van der Waals surface area contributed by atoms with Crippen LogP contribution in [0, 0.1) is 11.3 Å². The predicted octanol–water partition coefficient (Wildman–Crippen LogP) is 2.89. The van der Waals surface area contributed by atoms with Crippen molar-refractivity contribution >= 4 is 5.69 Å². The van der Waals surface area contributed by atoms with Crippen molar-refractivity contribution in [2.45, 2.75) is 12.5 Å². The van der Waals surface area contributed by atoms with E-state index in [1.165, 1.54) is 0 Å². The average Bonchev–Trinajstić information content (AvgIpc) is 2.54. The van der Waals surface area contributed by atoms with Crippen LogP contribution in [-0.4, -0.2) is 13.1 Å². The summed E-state index contributed by atoms with van der Waals surface area (Å²) in [5.74, 6) is 0. The molecule has 1 atom stereocenters. The molecule has 0 fully saturated rings.